The van der Waals surface area contributed by atoms with Crippen molar-refractivity contribution in [2.24, 2.45) is 0 Å². The number of nitrogens with zero attached hydrogens (tertiary/aromatic N) is 6. The number of aromatic nitrogens is 2. The molecular weight excluding hydrogens is 614 g/mol. The van der Waals surface area contributed by atoms with Gasteiger partial charge in [-0.1, -0.05) is 13.5 Å². The summed E-state index contributed by atoms with van der Waals surface area (Å²) in [5.41, 5.74) is 3.28. The van der Waals surface area contributed by atoms with Crippen molar-refractivity contribution in [2.75, 3.05) is 78.8 Å². The SMILES string of the molecule is C=CC(=O)Nc1cc(N2CCN(CC)CC2)cc(C)c1Nc1ncc2c(n1)N(CC)C(=S)N(c1c(F)c(OC)cc(OC)c1F)C2. The molecule has 0 atom stereocenters. The summed E-state index contributed by atoms with van der Waals surface area (Å²) in [6.07, 6.45) is 2.81. The Morgan fingerprint density at radius 1 is 1.07 bits per heavy atom. The summed E-state index contributed by atoms with van der Waals surface area (Å²) in [7, 11) is 2.59. The van der Waals surface area contributed by atoms with Crippen LogP contribution in [0.3, 0.4) is 0 Å². The molecule has 5 rings (SSSR count). The fourth-order valence-corrected chi connectivity index (χ4v) is 6.05. The van der Waals surface area contributed by atoms with Gasteiger partial charge in [-0.3, -0.25) is 4.79 Å². The van der Waals surface area contributed by atoms with E-state index in [9.17, 15) is 4.79 Å². The predicted molar refractivity (Wildman–Crippen MR) is 181 cm³/mol. The molecule has 244 valence electrons. The van der Waals surface area contributed by atoms with Gasteiger partial charge >= 0.3 is 0 Å². The van der Waals surface area contributed by atoms with Gasteiger partial charge in [0.1, 0.15) is 11.5 Å². The van der Waals surface area contributed by atoms with E-state index in [0.29, 0.717) is 29.3 Å². The molecule has 3 aromatic rings. The lowest BCUT2D eigenvalue weighted by molar-refractivity contribution is -0.111. The van der Waals surface area contributed by atoms with E-state index in [0.717, 1.165) is 50.0 Å². The van der Waals surface area contributed by atoms with E-state index < -0.39 is 11.6 Å². The van der Waals surface area contributed by atoms with Crippen LogP contribution in [-0.4, -0.2) is 79.4 Å². The largest absolute Gasteiger partial charge is 0.493 e. The van der Waals surface area contributed by atoms with Crippen molar-refractivity contribution in [1.29, 1.82) is 0 Å². The number of methoxy groups -OCH3 is 2. The number of thiocarbonyl (C=S) groups is 1. The van der Waals surface area contributed by atoms with Gasteiger partial charge in [-0.05, 0) is 56.4 Å². The molecule has 3 heterocycles. The smallest absolute Gasteiger partial charge is 0.247 e. The van der Waals surface area contributed by atoms with Crippen LogP contribution in [0.5, 0.6) is 11.5 Å². The van der Waals surface area contributed by atoms with E-state index >= 15 is 8.78 Å². The molecule has 0 bridgehead atoms. The molecule has 0 spiro atoms. The van der Waals surface area contributed by atoms with Gasteiger partial charge in [0.05, 0.1) is 32.1 Å². The number of halogens is 2. The second-order valence-corrected chi connectivity index (χ2v) is 11.2. The normalized spacial score (nSPS) is 15.0. The summed E-state index contributed by atoms with van der Waals surface area (Å²) in [6, 6.07) is 5.16. The Kier molecular flexibility index (Phi) is 9.87. The highest BCUT2D eigenvalue weighted by Crippen LogP contribution is 2.41. The third-order valence-electron chi connectivity index (χ3n) is 8.21. The van der Waals surface area contributed by atoms with Gasteiger partial charge in [0.2, 0.25) is 11.9 Å². The number of benzene rings is 2. The number of carbonyl (C=O) groups is 1. The van der Waals surface area contributed by atoms with Crippen LogP contribution in [0.25, 0.3) is 0 Å². The third kappa shape index (κ3) is 6.27. The van der Waals surface area contributed by atoms with E-state index in [-0.39, 0.29) is 40.7 Å². The molecule has 46 heavy (non-hydrogen) atoms. The highest BCUT2D eigenvalue weighted by atomic mass is 32.1. The zero-order valence-corrected chi connectivity index (χ0v) is 27.4. The van der Waals surface area contributed by atoms with Crippen LogP contribution in [0.2, 0.25) is 0 Å². The topological polar surface area (TPSA) is 98.3 Å². The average Bonchev–Trinajstić information content (AvgIpc) is 3.06. The van der Waals surface area contributed by atoms with Gasteiger partial charge in [-0.2, -0.15) is 4.98 Å². The number of hydrogen-bond donors (Lipinski definition) is 2. The van der Waals surface area contributed by atoms with E-state index in [1.807, 2.05) is 19.9 Å². The van der Waals surface area contributed by atoms with Crippen LogP contribution in [0.15, 0.2) is 37.1 Å². The lowest BCUT2D eigenvalue weighted by atomic mass is 10.1. The van der Waals surface area contributed by atoms with Crippen LogP contribution in [0, 0.1) is 18.6 Å². The molecule has 2 aliphatic heterocycles. The minimum absolute atomic E-state index is 0.00870. The molecule has 0 unspecified atom stereocenters. The van der Waals surface area contributed by atoms with Crippen molar-refractivity contribution in [1.82, 2.24) is 14.9 Å². The first-order valence-corrected chi connectivity index (χ1v) is 15.4. The first-order chi connectivity index (χ1) is 22.1. The van der Waals surface area contributed by atoms with Crippen molar-refractivity contribution in [3.8, 4) is 11.5 Å². The maximum atomic E-state index is 15.5. The molecule has 14 heteroatoms. The number of carbonyl (C=O) groups excluding carboxylic acids is 1. The molecule has 2 aromatic carbocycles. The van der Waals surface area contributed by atoms with Crippen LogP contribution in [-0.2, 0) is 11.3 Å². The summed E-state index contributed by atoms with van der Waals surface area (Å²) >= 11 is 5.74. The van der Waals surface area contributed by atoms with E-state index in [1.165, 1.54) is 25.2 Å². The number of likely N-dealkylation sites (N-methyl/N-ethyl adjacent to an activating group) is 1. The van der Waals surface area contributed by atoms with Gasteiger partial charge in [0.15, 0.2) is 28.2 Å². The van der Waals surface area contributed by atoms with Crippen LogP contribution in [0.4, 0.5) is 43.3 Å². The van der Waals surface area contributed by atoms with Crippen LogP contribution < -0.4 is 34.8 Å². The van der Waals surface area contributed by atoms with Crippen molar-refractivity contribution in [2.45, 2.75) is 27.3 Å². The van der Waals surface area contributed by atoms with Crippen molar-refractivity contribution < 1.29 is 23.0 Å². The Hall–Kier alpha value is -4.56. The number of rotatable bonds is 10. The number of hydrogen-bond acceptors (Lipinski definition) is 9. The van der Waals surface area contributed by atoms with E-state index in [2.05, 4.69) is 45.0 Å². The van der Waals surface area contributed by atoms with Gasteiger partial charge in [0.25, 0.3) is 0 Å². The van der Waals surface area contributed by atoms with Gasteiger partial charge in [-0.15, -0.1) is 0 Å². The Morgan fingerprint density at radius 3 is 2.33 bits per heavy atom. The number of amides is 1. The fraction of sp³-hybridized carbons (Fsp3) is 0.375. The van der Waals surface area contributed by atoms with Gasteiger partial charge in [-0.25, -0.2) is 13.8 Å². The van der Waals surface area contributed by atoms with Crippen molar-refractivity contribution in [3.05, 3.63) is 59.8 Å². The molecule has 2 N–H and O–H groups in total. The molecule has 0 saturated carbocycles. The zero-order valence-electron chi connectivity index (χ0n) is 26.6. The molecule has 11 nitrogen and oxygen atoms in total. The second kappa shape index (κ2) is 13.8. The maximum Gasteiger partial charge on any atom is 0.247 e. The first kappa shape index (κ1) is 32.8. The lowest BCUT2D eigenvalue weighted by Crippen LogP contribution is -2.48. The fourth-order valence-electron chi connectivity index (χ4n) is 5.68. The van der Waals surface area contributed by atoms with E-state index in [4.69, 9.17) is 26.7 Å². The molecular formula is C32H38F2N8O3S. The van der Waals surface area contributed by atoms with Gasteiger partial charge < -0.3 is 39.7 Å². The molecule has 0 radical (unpaired) electrons. The van der Waals surface area contributed by atoms with Gasteiger partial charge in [0, 0.05) is 56.2 Å². The Morgan fingerprint density at radius 2 is 1.74 bits per heavy atom. The minimum atomic E-state index is -0.901. The first-order valence-electron chi connectivity index (χ1n) is 15.0. The summed E-state index contributed by atoms with van der Waals surface area (Å²) in [6.45, 7) is 14.6. The Labute approximate surface area is 272 Å². The average molecular weight is 653 g/mol. The minimum Gasteiger partial charge on any atom is -0.493 e. The highest BCUT2D eigenvalue weighted by molar-refractivity contribution is 7.80. The Bertz CT molecular complexity index is 1640. The summed E-state index contributed by atoms with van der Waals surface area (Å²) in [5.74, 6) is -1.75. The second-order valence-electron chi connectivity index (χ2n) is 10.8. The monoisotopic (exact) mass is 652 g/mol. The number of nitrogens with one attached hydrogen (secondary N) is 2. The number of piperazine rings is 1. The molecule has 1 aromatic heterocycles. The molecule has 1 amide bonds. The zero-order chi connectivity index (χ0) is 33.1. The Balaban J connectivity index is 1.49. The summed E-state index contributed by atoms with van der Waals surface area (Å²) in [5, 5.41) is 6.35. The number of fused-ring (bicyclic) bond motifs is 1. The lowest BCUT2D eigenvalue weighted by Gasteiger charge is -2.38. The maximum absolute atomic E-state index is 15.5. The third-order valence-corrected chi connectivity index (χ3v) is 8.65. The molecule has 2 aliphatic rings. The predicted octanol–water partition coefficient (Wildman–Crippen LogP) is 5.22. The summed E-state index contributed by atoms with van der Waals surface area (Å²) < 4.78 is 41.2. The van der Waals surface area contributed by atoms with Crippen LogP contribution >= 0.6 is 12.2 Å². The summed E-state index contributed by atoms with van der Waals surface area (Å²) in [4.78, 5) is 29.5. The van der Waals surface area contributed by atoms with E-state index in [1.54, 1.807) is 11.1 Å². The molecule has 0 aliphatic carbocycles. The number of aryl methyl sites for hydroxylation is 1. The molecule has 1 fully saturated rings. The van der Waals surface area contributed by atoms with Crippen molar-refractivity contribution in [3.63, 3.8) is 0 Å². The standard InChI is InChI=1S/C32H38F2N8O3S/c1-7-25(43)36-22-15-21(40-12-10-39(8-2)11-13-40)14-19(4)28(22)37-31-35-17-20-18-42(32(46)41(9-3)30(20)38-31)29-26(33)23(44-5)16-24(45-6)27(29)34/h7,14-17H,1,8-13,18H2,2-6H3,(H,36,43)(H,35,37,38). The number of anilines is 6. The van der Waals surface area contributed by atoms with Crippen LogP contribution in [0.1, 0.15) is 25.0 Å². The highest BCUT2D eigenvalue weighted by Gasteiger charge is 2.35. The van der Waals surface area contributed by atoms with Crippen molar-refractivity contribution >= 4 is 57.8 Å². The quantitative estimate of drug-likeness (QED) is 0.223. The molecule has 1 saturated heterocycles. The number of ether oxygens (including phenoxy) is 2.